The predicted octanol–water partition coefficient (Wildman–Crippen LogP) is 3.84. The van der Waals surface area contributed by atoms with Gasteiger partial charge in [0.2, 0.25) is 11.8 Å². The molecule has 26 heavy (non-hydrogen) atoms. The summed E-state index contributed by atoms with van der Waals surface area (Å²) in [7, 11) is 1.72. The van der Waals surface area contributed by atoms with E-state index in [9.17, 15) is 9.59 Å². The average Bonchev–Trinajstić information content (AvgIpc) is 3.04. The highest BCUT2D eigenvalue weighted by atomic mass is 32.1. The number of nitrogens with zero attached hydrogens (tertiary/aromatic N) is 2. The first-order valence-electron chi connectivity index (χ1n) is 8.40. The monoisotopic (exact) mass is 367 g/mol. The molecule has 2 amide bonds. The van der Waals surface area contributed by atoms with E-state index >= 15 is 0 Å². The maximum Gasteiger partial charge on any atom is 0.230 e. The first-order chi connectivity index (χ1) is 12.4. The third-order valence-electron chi connectivity index (χ3n) is 4.18. The van der Waals surface area contributed by atoms with E-state index in [2.05, 4.69) is 10.3 Å². The van der Waals surface area contributed by atoms with Crippen LogP contribution in [-0.4, -0.2) is 23.8 Å². The number of benzene rings is 2. The van der Waals surface area contributed by atoms with Crippen molar-refractivity contribution in [3.8, 4) is 0 Å². The number of anilines is 1. The molecule has 5 nitrogen and oxygen atoms in total. The van der Waals surface area contributed by atoms with Gasteiger partial charge in [-0.05, 0) is 24.6 Å². The highest BCUT2D eigenvalue weighted by Crippen LogP contribution is 2.29. The van der Waals surface area contributed by atoms with Gasteiger partial charge in [-0.15, -0.1) is 0 Å². The second kappa shape index (κ2) is 7.66. The Kier molecular flexibility index (Phi) is 5.32. The first-order valence-corrected chi connectivity index (χ1v) is 9.21. The lowest BCUT2D eigenvalue weighted by Crippen LogP contribution is -2.33. The minimum absolute atomic E-state index is 0.0941. The molecule has 0 bridgehead atoms. The first kappa shape index (κ1) is 18.1. The lowest BCUT2D eigenvalue weighted by Gasteiger charge is -2.21. The summed E-state index contributed by atoms with van der Waals surface area (Å²) in [5.41, 5.74) is 2.93. The Balaban J connectivity index is 1.79. The van der Waals surface area contributed by atoms with E-state index in [-0.39, 0.29) is 24.3 Å². The van der Waals surface area contributed by atoms with Crippen LogP contribution in [0.3, 0.4) is 0 Å². The number of carbonyl (C=O) groups is 2. The van der Waals surface area contributed by atoms with Crippen LogP contribution in [0.2, 0.25) is 0 Å². The van der Waals surface area contributed by atoms with Gasteiger partial charge in [-0.25, -0.2) is 4.98 Å². The number of nitrogens with one attached hydrogen (secondary N) is 1. The normalized spacial score (nSPS) is 12.0. The SMILES string of the molecule is CC(=O)N[C@H](CC(=O)N(C)c1nc2ccccc2s1)c1ccc(C)cc1. The van der Waals surface area contributed by atoms with Crippen LogP contribution in [0.15, 0.2) is 48.5 Å². The zero-order valence-corrected chi connectivity index (χ0v) is 15.8. The fraction of sp³-hybridized carbons (Fsp3) is 0.250. The van der Waals surface area contributed by atoms with E-state index in [1.54, 1.807) is 11.9 Å². The van der Waals surface area contributed by atoms with Crippen molar-refractivity contribution in [2.45, 2.75) is 26.3 Å². The van der Waals surface area contributed by atoms with Crippen LogP contribution in [0.5, 0.6) is 0 Å². The molecule has 2 aromatic carbocycles. The van der Waals surface area contributed by atoms with Gasteiger partial charge in [0, 0.05) is 14.0 Å². The van der Waals surface area contributed by atoms with Gasteiger partial charge in [-0.3, -0.25) is 14.5 Å². The fourth-order valence-electron chi connectivity index (χ4n) is 2.72. The Morgan fingerprint density at radius 1 is 1.15 bits per heavy atom. The number of hydrogen-bond acceptors (Lipinski definition) is 4. The number of thiazole rings is 1. The van der Waals surface area contributed by atoms with Crippen molar-refractivity contribution in [1.29, 1.82) is 0 Å². The lowest BCUT2D eigenvalue weighted by molar-refractivity contribution is -0.121. The molecule has 0 aliphatic rings. The van der Waals surface area contributed by atoms with Crippen LogP contribution in [0.4, 0.5) is 5.13 Å². The number of fused-ring (bicyclic) bond motifs is 1. The number of carbonyl (C=O) groups excluding carboxylic acids is 2. The molecule has 0 saturated carbocycles. The molecule has 0 radical (unpaired) electrons. The molecule has 3 aromatic rings. The van der Waals surface area contributed by atoms with Crippen LogP contribution < -0.4 is 10.2 Å². The summed E-state index contributed by atoms with van der Waals surface area (Å²) in [4.78, 5) is 30.5. The van der Waals surface area contributed by atoms with Crippen LogP contribution >= 0.6 is 11.3 Å². The second-order valence-electron chi connectivity index (χ2n) is 6.28. The number of aryl methyl sites for hydroxylation is 1. The molecule has 0 saturated heterocycles. The van der Waals surface area contributed by atoms with Crippen molar-refractivity contribution in [3.63, 3.8) is 0 Å². The average molecular weight is 367 g/mol. The topological polar surface area (TPSA) is 62.3 Å². The van der Waals surface area contributed by atoms with Gasteiger partial charge >= 0.3 is 0 Å². The van der Waals surface area contributed by atoms with Crippen molar-refractivity contribution in [3.05, 3.63) is 59.7 Å². The summed E-state index contributed by atoms with van der Waals surface area (Å²) >= 11 is 1.48. The third kappa shape index (κ3) is 4.08. The molecule has 1 heterocycles. The Bertz CT molecular complexity index is 901. The van der Waals surface area contributed by atoms with E-state index in [1.165, 1.54) is 18.3 Å². The molecule has 0 spiro atoms. The highest BCUT2D eigenvalue weighted by molar-refractivity contribution is 7.22. The largest absolute Gasteiger partial charge is 0.349 e. The van der Waals surface area contributed by atoms with Gasteiger partial charge in [0.1, 0.15) is 0 Å². The van der Waals surface area contributed by atoms with E-state index in [4.69, 9.17) is 0 Å². The standard InChI is InChI=1S/C20H21N3O2S/c1-13-8-10-15(11-9-13)17(21-14(2)24)12-19(25)23(3)20-22-16-6-4-5-7-18(16)26-20/h4-11,17H,12H2,1-3H3,(H,21,24)/t17-/m1/s1. The highest BCUT2D eigenvalue weighted by Gasteiger charge is 2.22. The zero-order chi connectivity index (χ0) is 18.7. The van der Waals surface area contributed by atoms with E-state index in [0.717, 1.165) is 21.3 Å². The summed E-state index contributed by atoms with van der Waals surface area (Å²) < 4.78 is 1.04. The molecule has 0 aliphatic heterocycles. The number of para-hydroxylation sites is 1. The van der Waals surface area contributed by atoms with Gasteiger partial charge in [0.05, 0.1) is 22.7 Å². The number of amides is 2. The molecular formula is C20H21N3O2S. The van der Waals surface area contributed by atoms with Crippen molar-refractivity contribution < 1.29 is 9.59 Å². The van der Waals surface area contributed by atoms with Gasteiger partial charge in [-0.2, -0.15) is 0 Å². The van der Waals surface area contributed by atoms with Crippen molar-refractivity contribution in [2.75, 3.05) is 11.9 Å². The van der Waals surface area contributed by atoms with Crippen molar-refractivity contribution in [2.24, 2.45) is 0 Å². The molecule has 6 heteroatoms. The molecule has 0 aliphatic carbocycles. The van der Waals surface area contributed by atoms with Crippen LogP contribution in [0.25, 0.3) is 10.2 Å². The number of hydrogen-bond donors (Lipinski definition) is 1. The van der Waals surface area contributed by atoms with E-state index in [1.807, 2.05) is 55.5 Å². The molecule has 1 atom stereocenters. The van der Waals surface area contributed by atoms with Crippen molar-refractivity contribution >= 4 is 38.5 Å². The summed E-state index contributed by atoms with van der Waals surface area (Å²) in [5, 5.41) is 3.53. The van der Waals surface area contributed by atoms with E-state index < -0.39 is 0 Å². The summed E-state index contributed by atoms with van der Waals surface area (Å²) in [6.07, 6.45) is 0.176. The molecular weight excluding hydrogens is 346 g/mol. The van der Waals surface area contributed by atoms with E-state index in [0.29, 0.717) is 5.13 Å². The molecule has 0 fully saturated rings. The number of rotatable bonds is 5. The maximum atomic E-state index is 12.8. The molecule has 0 unspecified atom stereocenters. The van der Waals surface area contributed by atoms with Gasteiger partial charge < -0.3 is 5.32 Å². The maximum absolute atomic E-state index is 12.8. The lowest BCUT2D eigenvalue weighted by atomic mass is 10.0. The number of aromatic nitrogens is 1. The molecule has 3 rings (SSSR count). The summed E-state index contributed by atoms with van der Waals surface area (Å²) in [5.74, 6) is -0.255. The third-order valence-corrected chi connectivity index (χ3v) is 5.29. The summed E-state index contributed by atoms with van der Waals surface area (Å²) in [6.45, 7) is 3.46. The molecule has 1 aromatic heterocycles. The van der Waals surface area contributed by atoms with Crippen LogP contribution in [0.1, 0.15) is 30.5 Å². The van der Waals surface area contributed by atoms with Crippen molar-refractivity contribution in [1.82, 2.24) is 10.3 Å². The fourth-order valence-corrected chi connectivity index (χ4v) is 3.66. The summed E-state index contributed by atoms with van der Waals surface area (Å²) in [6, 6.07) is 15.3. The minimum Gasteiger partial charge on any atom is -0.349 e. The van der Waals surface area contributed by atoms with Crippen LogP contribution in [0, 0.1) is 6.92 Å². The second-order valence-corrected chi connectivity index (χ2v) is 7.29. The Hall–Kier alpha value is -2.73. The zero-order valence-electron chi connectivity index (χ0n) is 15.0. The quantitative estimate of drug-likeness (QED) is 0.745. The van der Waals surface area contributed by atoms with Gasteiger partial charge in [0.25, 0.3) is 0 Å². The Morgan fingerprint density at radius 3 is 2.50 bits per heavy atom. The Labute approximate surface area is 156 Å². The minimum atomic E-state index is -0.363. The molecule has 134 valence electrons. The van der Waals surface area contributed by atoms with Gasteiger partial charge in [-0.1, -0.05) is 53.3 Å². The molecule has 1 N–H and O–H groups in total. The smallest absolute Gasteiger partial charge is 0.230 e. The Morgan fingerprint density at radius 2 is 1.85 bits per heavy atom. The predicted molar refractivity (Wildman–Crippen MR) is 105 cm³/mol. The van der Waals surface area contributed by atoms with Gasteiger partial charge in [0.15, 0.2) is 5.13 Å². The van der Waals surface area contributed by atoms with Crippen LogP contribution in [-0.2, 0) is 9.59 Å².